The molecule has 1 rings (SSSR count). The van der Waals surface area contributed by atoms with Crippen LogP contribution in [-0.2, 0) is 15.2 Å². The van der Waals surface area contributed by atoms with Crippen molar-refractivity contribution in [3.63, 3.8) is 0 Å². The molecule has 13 heavy (non-hydrogen) atoms. The Morgan fingerprint density at radius 3 is 2.00 bits per heavy atom. The molecule has 2 nitrogen and oxygen atoms in total. The van der Waals surface area contributed by atoms with Gasteiger partial charge in [-0.1, -0.05) is 18.2 Å². The van der Waals surface area contributed by atoms with Crippen LogP contribution >= 0.6 is 27.6 Å². The average molecular weight is 316 g/mol. The summed E-state index contributed by atoms with van der Waals surface area (Å²) in [6, 6.07) is 8.62. The summed E-state index contributed by atoms with van der Waals surface area (Å²) in [5.74, 6) is 0. The molecular formula is C7H5Cl3N2Nb-. The Balaban J connectivity index is 0.000000310. The molecule has 0 aliphatic heterocycles. The van der Waals surface area contributed by atoms with Crippen molar-refractivity contribution in [2.24, 2.45) is 0 Å². The minimum absolute atomic E-state index is 0.292. The second kappa shape index (κ2) is 7.52. The van der Waals surface area contributed by atoms with Gasteiger partial charge in [-0.05, 0) is 6.07 Å². The number of nitrogens with zero attached hydrogens (tertiary/aromatic N) is 1. The van der Waals surface area contributed by atoms with Crippen LogP contribution in [0.5, 0.6) is 0 Å². The molecule has 1 aromatic rings. The van der Waals surface area contributed by atoms with E-state index in [0.29, 0.717) is 11.3 Å². The summed E-state index contributed by atoms with van der Waals surface area (Å²) in [6.45, 7) is 0. The molecule has 0 amide bonds. The Labute approximate surface area is 94.8 Å². The molecule has 0 aliphatic carbocycles. The van der Waals surface area contributed by atoms with Crippen LogP contribution in [0, 0.1) is 11.3 Å². The minimum atomic E-state index is -2.03. The van der Waals surface area contributed by atoms with Crippen LogP contribution in [0.25, 0.3) is 5.73 Å². The Kier molecular flexibility index (Phi) is 7.59. The van der Waals surface area contributed by atoms with Crippen molar-refractivity contribution >= 4 is 33.3 Å². The third kappa shape index (κ3) is 7.21. The van der Waals surface area contributed by atoms with Crippen LogP contribution < -0.4 is 0 Å². The van der Waals surface area contributed by atoms with Crippen molar-refractivity contribution in [3.8, 4) is 6.07 Å². The topological polar surface area (TPSA) is 47.6 Å². The molecule has 1 aromatic carbocycles. The number of nitrogens with one attached hydrogen (secondary N) is 1. The molecule has 0 heterocycles. The molecule has 0 bridgehead atoms. The molecule has 0 saturated heterocycles. The zero-order valence-corrected chi connectivity index (χ0v) is 10.8. The summed E-state index contributed by atoms with van der Waals surface area (Å²) in [6.07, 6.45) is 0. The standard InChI is InChI=1S/C7H5N2.3ClH.Nb/c8-5-6-3-1-2-4-7(6)9;;;;/h1-4,9H;3*1H;/q-1;;;;+3/p-3. The van der Waals surface area contributed by atoms with Gasteiger partial charge in [-0.25, -0.2) is 0 Å². The summed E-state index contributed by atoms with van der Waals surface area (Å²) in [4.78, 5) is 0. The second-order valence-electron chi connectivity index (χ2n) is 1.85. The molecule has 6 heteroatoms. The molecule has 1 N–H and O–H groups in total. The van der Waals surface area contributed by atoms with Gasteiger partial charge >= 0.3 is 42.8 Å². The second-order valence-corrected chi connectivity index (χ2v) is 11.9. The number of hydrogen-bond donors (Lipinski definition) is 0. The molecule has 0 spiro atoms. The summed E-state index contributed by atoms with van der Waals surface area (Å²) in [5, 5.41) is 8.35. The number of rotatable bonds is 0. The zero-order chi connectivity index (χ0) is 10.3. The third-order valence-corrected chi connectivity index (χ3v) is 1.05. The molecule has 0 saturated carbocycles. The molecule has 0 aliphatic rings. The molecule has 0 unspecified atom stereocenters. The van der Waals surface area contributed by atoms with Gasteiger partial charge in [0.05, 0.1) is 6.07 Å². The van der Waals surface area contributed by atoms with E-state index in [9.17, 15) is 0 Å². The van der Waals surface area contributed by atoms with Gasteiger partial charge in [0.2, 0.25) is 0 Å². The van der Waals surface area contributed by atoms with Crippen molar-refractivity contribution in [2.45, 2.75) is 0 Å². The van der Waals surface area contributed by atoms with E-state index in [2.05, 4.69) is 0 Å². The molecule has 0 atom stereocenters. The van der Waals surface area contributed by atoms with E-state index in [1.165, 1.54) is 0 Å². The van der Waals surface area contributed by atoms with E-state index in [0.717, 1.165) is 0 Å². The van der Waals surface area contributed by atoms with Gasteiger partial charge in [0.15, 0.2) is 0 Å². The Hall–Kier alpha value is 0.120. The van der Waals surface area contributed by atoms with Crippen molar-refractivity contribution in [3.05, 3.63) is 35.6 Å². The number of benzene rings is 1. The van der Waals surface area contributed by atoms with Gasteiger partial charge in [-0.15, -0.1) is 5.69 Å². The van der Waals surface area contributed by atoms with Crippen molar-refractivity contribution < 1.29 is 15.2 Å². The molecular weight excluding hydrogens is 311 g/mol. The van der Waals surface area contributed by atoms with E-state index in [1.54, 1.807) is 24.3 Å². The summed E-state index contributed by atoms with van der Waals surface area (Å²) < 4.78 is 0. The van der Waals surface area contributed by atoms with Crippen LogP contribution in [0.15, 0.2) is 24.3 Å². The predicted molar refractivity (Wildman–Crippen MR) is 52.7 cm³/mol. The summed E-state index contributed by atoms with van der Waals surface area (Å²) in [7, 11) is 15.0. The first-order chi connectivity index (χ1) is 6.07. The Morgan fingerprint density at radius 1 is 1.23 bits per heavy atom. The first-order valence-electron chi connectivity index (χ1n) is 3.06. The van der Waals surface area contributed by atoms with E-state index in [4.69, 9.17) is 38.6 Å². The van der Waals surface area contributed by atoms with E-state index in [1.807, 2.05) is 6.07 Å². The van der Waals surface area contributed by atoms with Crippen LogP contribution in [0.4, 0.5) is 5.69 Å². The predicted octanol–water partition coefficient (Wildman–Crippen LogP) is 4.31. The number of hydrogen-bond acceptors (Lipinski definition) is 1. The Morgan fingerprint density at radius 2 is 1.69 bits per heavy atom. The fraction of sp³-hybridized carbons (Fsp3) is 0. The van der Waals surface area contributed by atoms with Crippen LogP contribution in [0.3, 0.4) is 0 Å². The normalized spacial score (nSPS) is 8.54. The summed E-state index contributed by atoms with van der Waals surface area (Å²) in [5.41, 5.74) is 7.87. The van der Waals surface area contributed by atoms with Gasteiger partial charge in [0, 0.05) is 5.56 Å². The first-order valence-corrected chi connectivity index (χ1v) is 11.6. The zero-order valence-electron chi connectivity index (χ0n) is 6.34. The van der Waals surface area contributed by atoms with Crippen molar-refractivity contribution in [1.29, 1.82) is 5.26 Å². The molecule has 0 radical (unpaired) electrons. The SMILES string of the molecule is N#Cc1ccccc1[NH-].[Cl][Nb]([Cl])[Cl]. The van der Waals surface area contributed by atoms with Crippen LogP contribution in [-0.4, -0.2) is 0 Å². The van der Waals surface area contributed by atoms with Gasteiger partial charge in [-0.2, -0.15) is 5.26 Å². The molecule has 70 valence electrons. The fourth-order valence-corrected chi connectivity index (χ4v) is 0.581. The monoisotopic (exact) mass is 315 g/mol. The average Bonchev–Trinajstić information content (AvgIpc) is 2.04. The van der Waals surface area contributed by atoms with Crippen molar-refractivity contribution in [1.82, 2.24) is 0 Å². The number of halogens is 3. The van der Waals surface area contributed by atoms with Gasteiger partial charge in [-0.3, -0.25) is 0 Å². The maximum atomic E-state index is 8.35. The maximum absolute atomic E-state index is 8.35. The van der Waals surface area contributed by atoms with Crippen LogP contribution in [0.2, 0.25) is 0 Å². The van der Waals surface area contributed by atoms with E-state index >= 15 is 0 Å². The first kappa shape index (κ1) is 13.1. The number of nitriles is 1. The van der Waals surface area contributed by atoms with E-state index in [-0.39, 0.29) is 0 Å². The molecule has 0 aromatic heterocycles. The molecule has 0 fully saturated rings. The third-order valence-electron chi connectivity index (χ3n) is 1.05. The quantitative estimate of drug-likeness (QED) is 0.658. The van der Waals surface area contributed by atoms with E-state index < -0.39 is 15.2 Å². The fourth-order valence-electron chi connectivity index (χ4n) is 0.581. The van der Waals surface area contributed by atoms with Gasteiger partial charge < -0.3 is 5.73 Å². The van der Waals surface area contributed by atoms with Gasteiger partial charge in [0.25, 0.3) is 0 Å². The van der Waals surface area contributed by atoms with Gasteiger partial charge in [0.1, 0.15) is 0 Å². The van der Waals surface area contributed by atoms with Crippen LogP contribution in [0.1, 0.15) is 5.56 Å². The Bertz CT molecular complexity index is 295. The van der Waals surface area contributed by atoms with Crippen molar-refractivity contribution in [2.75, 3.05) is 0 Å². The summed E-state index contributed by atoms with van der Waals surface area (Å²) >= 11 is -2.03.